The molecule has 0 radical (unpaired) electrons. The number of rotatable bonds is 5. The number of aryl methyl sites for hydroxylation is 1. The van der Waals surface area contributed by atoms with Gasteiger partial charge in [0, 0.05) is 15.1 Å². The van der Waals surface area contributed by atoms with E-state index < -0.39 is 0 Å². The number of ether oxygens (including phenoxy) is 1. The lowest BCUT2D eigenvalue weighted by molar-refractivity contribution is 0.0595. The second-order valence-electron chi connectivity index (χ2n) is 5.02. The Bertz CT molecular complexity index is 669. The molecule has 0 heterocycles. The van der Waals surface area contributed by atoms with Gasteiger partial charge in [-0.05, 0) is 55.2 Å². The summed E-state index contributed by atoms with van der Waals surface area (Å²) >= 11 is 5.08. The maximum atomic E-state index is 12.3. The fraction of sp³-hybridized carbons (Fsp3) is 0.278. The zero-order valence-corrected chi connectivity index (χ0v) is 15.4. The third-order valence-corrected chi connectivity index (χ3v) is 5.05. The van der Waals surface area contributed by atoms with Gasteiger partial charge in [-0.3, -0.25) is 0 Å². The van der Waals surface area contributed by atoms with Crippen LogP contribution in [0, 0.1) is 13.8 Å². The maximum Gasteiger partial charge on any atom is 0.339 e. The smallest absolute Gasteiger partial charge is 0.339 e. The molecule has 0 unspecified atom stereocenters. The molecule has 116 valence electrons. The van der Waals surface area contributed by atoms with Gasteiger partial charge in [-0.1, -0.05) is 45.9 Å². The maximum absolute atomic E-state index is 12.3. The normalized spacial score (nSPS) is 10.5. The summed E-state index contributed by atoms with van der Waals surface area (Å²) in [6.07, 6.45) is 0.901. The van der Waals surface area contributed by atoms with E-state index in [1.165, 1.54) is 18.2 Å². The van der Waals surface area contributed by atoms with Gasteiger partial charge in [-0.2, -0.15) is 0 Å². The molecule has 22 heavy (non-hydrogen) atoms. The largest absolute Gasteiger partial charge is 0.465 e. The van der Waals surface area contributed by atoms with Crippen molar-refractivity contribution in [1.82, 2.24) is 0 Å². The second-order valence-corrected chi connectivity index (χ2v) is 6.92. The van der Waals surface area contributed by atoms with E-state index in [0.717, 1.165) is 27.1 Å². The van der Waals surface area contributed by atoms with Crippen LogP contribution in [0.1, 0.15) is 27.0 Å². The molecule has 4 heteroatoms. The number of alkyl halides is 1. The average molecular weight is 379 g/mol. The molecule has 0 aromatic heterocycles. The summed E-state index contributed by atoms with van der Waals surface area (Å²) in [5, 5.41) is 0.875. The fourth-order valence-corrected chi connectivity index (χ4v) is 4.04. The molecule has 0 atom stereocenters. The molecule has 0 spiro atoms. The summed E-state index contributed by atoms with van der Waals surface area (Å²) in [7, 11) is 1.43. The first-order chi connectivity index (χ1) is 10.6. The second kappa shape index (κ2) is 7.84. The fourth-order valence-electron chi connectivity index (χ4n) is 2.52. The molecule has 0 aliphatic heterocycles. The van der Waals surface area contributed by atoms with E-state index in [9.17, 15) is 4.79 Å². The zero-order valence-electron chi connectivity index (χ0n) is 13.0. The standard InChI is InChI=1S/C18H19BrO2S/c1-12-11-16(22-14-7-5-4-6-8-14)17(18(20)21-3)13(2)15(12)9-10-19/h4-8,11H,9-10H2,1-3H3. The summed E-state index contributed by atoms with van der Waals surface area (Å²) in [6, 6.07) is 12.2. The SMILES string of the molecule is COC(=O)c1c(Sc2ccccc2)cc(C)c(CCBr)c1C. The summed E-state index contributed by atoms with van der Waals surface area (Å²) in [5.41, 5.74) is 4.13. The lowest BCUT2D eigenvalue weighted by Gasteiger charge is -2.17. The Labute approximate surface area is 144 Å². The highest BCUT2D eigenvalue weighted by molar-refractivity contribution is 9.09. The number of hydrogen-bond donors (Lipinski definition) is 0. The van der Waals surface area contributed by atoms with Gasteiger partial charge in [0.2, 0.25) is 0 Å². The van der Waals surface area contributed by atoms with Crippen LogP contribution in [-0.2, 0) is 11.2 Å². The molecule has 0 aliphatic rings. The molecule has 2 aromatic rings. The highest BCUT2D eigenvalue weighted by Gasteiger charge is 2.20. The number of carbonyl (C=O) groups excluding carboxylic acids is 1. The molecular formula is C18H19BrO2S. The summed E-state index contributed by atoms with van der Waals surface area (Å²) in [4.78, 5) is 14.3. The predicted molar refractivity (Wildman–Crippen MR) is 95.3 cm³/mol. The van der Waals surface area contributed by atoms with Gasteiger partial charge in [0.25, 0.3) is 0 Å². The average Bonchev–Trinajstić information content (AvgIpc) is 2.52. The summed E-state index contributed by atoms with van der Waals surface area (Å²) in [6.45, 7) is 4.10. The Morgan fingerprint density at radius 1 is 1.23 bits per heavy atom. The van der Waals surface area contributed by atoms with Gasteiger partial charge in [-0.15, -0.1) is 0 Å². The van der Waals surface area contributed by atoms with Crippen LogP contribution in [0.2, 0.25) is 0 Å². The van der Waals surface area contributed by atoms with Crippen LogP contribution in [-0.4, -0.2) is 18.4 Å². The van der Waals surface area contributed by atoms with Gasteiger partial charge >= 0.3 is 5.97 Å². The van der Waals surface area contributed by atoms with Crippen molar-refractivity contribution >= 4 is 33.7 Å². The number of hydrogen-bond acceptors (Lipinski definition) is 3. The third-order valence-electron chi connectivity index (χ3n) is 3.60. The van der Waals surface area contributed by atoms with Crippen molar-refractivity contribution in [1.29, 1.82) is 0 Å². The molecule has 0 fully saturated rings. The highest BCUT2D eigenvalue weighted by Crippen LogP contribution is 2.35. The molecular weight excluding hydrogens is 360 g/mol. The van der Waals surface area contributed by atoms with Crippen molar-refractivity contribution in [2.24, 2.45) is 0 Å². The third kappa shape index (κ3) is 3.73. The van der Waals surface area contributed by atoms with Crippen molar-refractivity contribution in [3.8, 4) is 0 Å². The monoisotopic (exact) mass is 378 g/mol. The van der Waals surface area contributed by atoms with E-state index >= 15 is 0 Å². The quantitative estimate of drug-likeness (QED) is 0.529. The Hall–Kier alpha value is -1.26. The van der Waals surface area contributed by atoms with E-state index in [2.05, 4.69) is 28.9 Å². The van der Waals surface area contributed by atoms with E-state index in [0.29, 0.717) is 5.56 Å². The van der Waals surface area contributed by atoms with Crippen molar-refractivity contribution in [3.05, 3.63) is 58.7 Å². The molecule has 0 amide bonds. The van der Waals surface area contributed by atoms with Crippen LogP contribution in [0.3, 0.4) is 0 Å². The van der Waals surface area contributed by atoms with Crippen LogP contribution in [0.25, 0.3) is 0 Å². The van der Waals surface area contributed by atoms with Crippen molar-refractivity contribution < 1.29 is 9.53 Å². The Kier molecular flexibility index (Phi) is 6.09. The van der Waals surface area contributed by atoms with Crippen LogP contribution < -0.4 is 0 Å². The highest BCUT2D eigenvalue weighted by atomic mass is 79.9. The molecule has 2 aromatic carbocycles. The molecule has 0 bridgehead atoms. The molecule has 2 nitrogen and oxygen atoms in total. The van der Waals surface area contributed by atoms with Crippen molar-refractivity contribution in [2.75, 3.05) is 12.4 Å². The lowest BCUT2D eigenvalue weighted by atomic mass is 9.96. The summed E-state index contributed by atoms with van der Waals surface area (Å²) in [5.74, 6) is -0.272. The van der Waals surface area contributed by atoms with Crippen molar-refractivity contribution in [3.63, 3.8) is 0 Å². The predicted octanol–water partition coefficient (Wildman–Crippen LogP) is 5.18. The first-order valence-corrected chi connectivity index (χ1v) is 9.02. The molecule has 0 saturated carbocycles. The van der Waals surface area contributed by atoms with Crippen LogP contribution in [0.5, 0.6) is 0 Å². The van der Waals surface area contributed by atoms with E-state index in [1.807, 2.05) is 37.3 Å². The topological polar surface area (TPSA) is 26.3 Å². The van der Waals surface area contributed by atoms with Gasteiger partial charge in [0.05, 0.1) is 12.7 Å². The number of halogens is 1. The Morgan fingerprint density at radius 2 is 1.91 bits per heavy atom. The first-order valence-electron chi connectivity index (χ1n) is 7.08. The van der Waals surface area contributed by atoms with E-state index in [-0.39, 0.29) is 5.97 Å². The van der Waals surface area contributed by atoms with Crippen LogP contribution in [0.15, 0.2) is 46.2 Å². The Morgan fingerprint density at radius 3 is 2.50 bits per heavy atom. The van der Waals surface area contributed by atoms with Gasteiger partial charge < -0.3 is 4.74 Å². The number of methoxy groups -OCH3 is 1. The van der Waals surface area contributed by atoms with Gasteiger partial charge in [0.15, 0.2) is 0 Å². The minimum Gasteiger partial charge on any atom is -0.465 e. The van der Waals surface area contributed by atoms with E-state index in [1.54, 1.807) is 11.8 Å². The minimum absolute atomic E-state index is 0.272. The minimum atomic E-state index is -0.272. The zero-order chi connectivity index (χ0) is 16.1. The number of carbonyl (C=O) groups is 1. The Balaban J connectivity index is 2.54. The van der Waals surface area contributed by atoms with Crippen LogP contribution >= 0.6 is 27.7 Å². The number of esters is 1. The molecule has 2 rings (SSSR count). The summed E-state index contributed by atoms with van der Waals surface area (Å²) < 4.78 is 5.00. The van der Waals surface area contributed by atoms with Crippen molar-refractivity contribution in [2.45, 2.75) is 30.1 Å². The van der Waals surface area contributed by atoms with E-state index in [4.69, 9.17) is 4.74 Å². The van der Waals surface area contributed by atoms with Gasteiger partial charge in [0.1, 0.15) is 0 Å². The first kappa shape index (κ1) is 17.1. The number of benzene rings is 2. The van der Waals surface area contributed by atoms with Crippen LogP contribution in [0.4, 0.5) is 0 Å². The molecule has 0 saturated heterocycles. The lowest BCUT2D eigenvalue weighted by Crippen LogP contribution is -2.10. The molecule has 0 N–H and O–H groups in total. The molecule has 0 aliphatic carbocycles. The van der Waals surface area contributed by atoms with Gasteiger partial charge in [-0.25, -0.2) is 4.79 Å².